The van der Waals surface area contributed by atoms with Gasteiger partial charge in [-0.2, -0.15) is 13.2 Å². The molecule has 2 rings (SSSR count). The van der Waals surface area contributed by atoms with Crippen LogP contribution in [0.15, 0.2) is 29.1 Å². The summed E-state index contributed by atoms with van der Waals surface area (Å²) in [7, 11) is 0. The third-order valence-corrected chi connectivity index (χ3v) is 2.62. The summed E-state index contributed by atoms with van der Waals surface area (Å²) in [6.07, 6.45) is -4.45. The van der Waals surface area contributed by atoms with Crippen LogP contribution in [0.5, 0.6) is 5.75 Å². The van der Waals surface area contributed by atoms with E-state index in [-0.39, 0.29) is 0 Å². The fourth-order valence-electron chi connectivity index (χ4n) is 1.27. The number of aromatic nitrogens is 1. The number of alkyl halides is 3. The minimum atomic E-state index is -4.45. The van der Waals surface area contributed by atoms with Gasteiger partial charge in [-0.1, -0.05) is 0 Å². The molecule has 0 aliphatic carbocycles. The second-order valence-corrected chi connectivity index (χ2v) is 3.82. The highest BCUT2D eigenvalue weighted by Gasteiger charge is 2.31. The van der Waals surface area contributed by atoms with Gasteiger partial charge in [-0.25, -0.2) is 4.98 Å². The van der Waals surface area contributed by atoms with Crippen molar-refractivity contribution in [2.45, 2.75) is 6.18 Å². The molecular formula is C10H6F3NOS. The summed E-state index contributed by atoms with van der Waals surface area (Å²) in [5, 5.41) is 11.1. The summed E-state index contributed by atoms with van der Waals surface area (Å²) < 4.78 is 37.0. The SMILES string of the molecule is Oc1cc(C(F)(F)F)ccc1-c1cscn1. The molecule has 1 aromatic heterocycles. The molecule has 0 fully saturated rings. The second-order valence-electron chi connectivity index (χ2n) is 3.10. The highest BCUT2D eigenvalue weighted by Crippen LogP contribution is 2.36. The fraction of sp³-hybridized carbons (Fsp3) is 0.100. The van der Waals surface area contributed by atoms with E-state index in [1.807, 2.05) is 0 Å². The lowest BCUT2D eigenvalue weighted by Crippen LogP contribution is -2.04. The summed E-state index contributed by atoms with van der Waals surface area (Å²) >= 11 is 1.31. The molecule has 1 heterocycles. The van der Waals surface area contributed by atoms with Gasteiger partial charge in [-0.15, -0.1) is 11.3 Å². The van der Waals surface area contributed by atoms with E-state index in [0.29, 0.717) is 17.3 Å². The first-order chi connectivity index (χ1) is 7.48. The van der Waals surface area contributed by atoms with Crippen molar-refractivity contribution in [3.05, 3.63) is 34.7 Å². The van der Waals surface area contributed by atoms with Crippen molar-refractivity contribution in [2.75, 3.05) is 0 Å². The first kappa shape index (κ1) is 10.9. The fourth-order valence-corrected chi connectivity index (χ4v) is 1.82. The van der Waals surface area contributed by atoms with Gasteiger partial charge in [0.25, 0.3) is 0 Å². The Bertz CT molecular complexity index is 493. The minimum absolute atomic E-state index is 0.300. The Labute approximate surface area is 93.0 Å². The smallest absolute Gasteiger partial charge is 0.416 e. The van der Waals surface area contributed by atoms with E-state index in [9.17, 15) is 18.3 Å². The highest BCUT2D eigenvalue weighted by atomic mass is 32.1. The van der Waals surface area contributed by atoms with Gasteiger partial charge in [-0.05, 0) is 18.2 Å². The molecule has 0 radical (unpaired) electrons. The number of aromatic hydroxyl groups is 1. The van der Waals surface area contributed by atoms with Gasteiger partial charge in [0.2, 0.25) is 0 Å². The Hall–Kier alpha value is -1.56. The van der Waals surface area contributed by atoms with Crippen molar-refractivity contribution in [1.29, 1.82) is 0 Å². The molecule has 0 aliphatic heterocycles. The summed E-state index contributed by atoms with van der Waals surface area (Å²) in [5.41, 5.74) is 1.45. The zero-order valence-corrected chi connectivity index (χ0v) is 8.64. The molecule has 1 aromatic carbocycles. The number of thiazole rings is 1. The van der Waals surface area contributed by atoms with E-state index in [0.717, 1.165) is 6.07 Å². The number of phenolic OH excluding ortho intramolecular Hbond substituents is 1. The van der Waals surface area contributed by atoms with Crippen LogP contribution in [-0.4, -0.2) is 10.1 Å². The molecule has 0 bridgehead atoms. The van der Waals surface area contributed by atoms with Crippen molar-refractivity contribution in [3.63, 3.8) is 0 Å². The van der Waals surface area contributed by atoms with Gasteiger partial charge in [-0.3, -0.25) is 0 Å². The third kappa shape index (κ3) is 2.01. The van der Waals surface area contributed by atoms with Gasteiger partial charge in [0.1, 0.15) is 5.75 Å². The van der Waals surface area contributed by atoms with E-state index < -0.39 is 17.5 Å². The van der Waals surface area contributed by atoms with Crippen LogP contribution in [0, 0.1) is 0 Å². The summed E-state index contributed by atoms with van der Waals surface area (Å²) in [4.78, 5) is 3.92. The first-order valence-electron chi connectivity index (χ1n) is 4.27. The van der Waals surface area contributed by atoms with Crippen molar-refractivity contribution >= 4 is 11.3 Å². The third-order valence-electron chi connectivity index (χ3n) is 2.03. The molecule has 0 unspecified atom stereocenters. The molecule has 0 saturated heterocycles. The topological polar surface area (TPSA) is 33.1 Å². The molecule has 2 aromatic rings. The largest absolute Gasteiger partial charge is 0.507 e. The summed E-state index contributed by atoms with van der Waals surface area (Å²) in [6.45, 7) is 0. The highest BCUT2D eigenvalue weighted by molar-refractivity contribution is 7.07. The van der Waals surface area contributed by atoms with E-state index in [2.05, 4.69) is 4.98 Å². The minimum Gasteiger partial charge on any atom is -0.507 e. The zero-order chi connectivity index (χ0) is 11.8. The number of benzene rings is 1. The molecule has 16 heavy (non-hydrogen) atoms. The number of hydrogen-bond acceptors (Lipinski definition) is 3. The maximum absolute atomic E-state index is 12.3. The monoisotopic (exact) mass is 245 g/mol. The number of nitrogens with zero attached hydrogens (tertiary/aromatic N) is 1. The average molecular weight is 245 g/mol. The quantitative estimate of drug-likeness (QED) is 0.833. The Morgan fingerprint density at radius 3 is 2.50 bits per heavy atom. The molecule has 0 aliphatic rings. The van der Waals surface area contributed by atoms with E-state index in [1.165, 1.54) is 17.4 Å². The Morgan fingerprint density at radius 1 is 1.25 bits per heavy atom. The molecule has 84 valence electrons. The van der Waals surface area contributed by atoms with E-state index in [1.54, 1.807) is 10.9 Å². The van der Waals surface area contributed by atoms with Crippen molar-refractivity contribution in [1.82, 2.24) is 4.98 Å². The molecule has 0 atom stereocenters. The standard InChI is InChI=1S/C10H6F3NOS/c11-10(12,13)6-1-2-7(9(15)3-6)8-4-16-5-14-8/h1-5,15H. The lowest BCUT2D eigenvalue weighted by atomic mass is 10.1. The van der Waals surface area contributed by atoms with E-state index >= 15 is 0 Å². The molecule has 0 saturated carbocycles. The molecule has 0 amide bonds. The maximum Gasteiger partial charge on any atom is 0.416 e. The van der Waals surface area contributed by atoms with Crippen LogP contribution >= 0.6 is 11.3 Å². The second kappa shape index (κ2) is 3.79. The van der Waals surface area contributed by atoms with Crippen molar-refractivity contribution < 1.29 is 18.3 Å². The maximum atomic E-state index is 12.3. The number of phenols is 1. The van der Waals surface area contributed by atoms with Gasteiger partial charge < -0.3 is 5.11 Å². The predicted octanol–water partition coefficient (Wildman–Crippen LogP) is 3.53. The van der Waals surface area contributed by atoms with Gasteiger partial charge in [0.05, 0.1) is 16.8 Å². The van der Waals surface area contributed by atoms with Crippen molar-refractivity contribution in [2.24, 2.45) is 0 Å². The molecule has 6 heteroatoms. The first-order valence-corrected chi connectivity index (χ1v) is 5.21. The predicted molar refractivity (Wildman–Crippen MR) is 54.2 cm³/mol. The molecule has 2 nitrogen and oxygen atoms in total. The molecular weight excluding hydrogens is 239 g/mol. The normalized spacial score (nSPS) is 11.7. The lowest BCUT2D eigenvalue weighted by Gasteiger charge is -2.08. The van der Waals surface area contributed by atoms with Crippen LogP contribution in [0.1, 0.15) is 5.56 Å². The summed E-state index contributed by atoms with van der Waals surface area (Å²) in [6, 6.07) is 2.84. The lowest BCUT2D eigenvalue weighted by molar-refractivity contribution is -0.137. The summed E-state index contributed by atoms with van der Waals surface area (Å²) in [5.74, 6) is -0.416. The average Bonchev–Trinajstić information content (AvgIpc) is 2.69. The van der Waals surface area contributed by atoms with Crippen LogP contribution < -0.4 is 0 Å². The van der Waals surface area contributed by atoms with Crippen LogP contribution in [0.25, 0.3) is 11.3 Å². The molecule has 1 N–H and O–H groups in total. The van der Waals surface area contributed by atoms with Gasteiger partial charge >= 0.3 is 6.18 Å². The van der Waals surface area contributed by atoms with E-state index in [4.69, 9.17) is 0 Å². The van der Waals surface area contributed by atoms with Crippen LogP contribution in [-0.2, 0) is 6.18 Å². The Kier molecular flexibility index (Phi) is 2.59. The molecule has 0 spiro atoms. The van der Waals surface area contributed by atoms with Crippen LogP contribution in [0.2, 0.25) is 0 Å². The number of rotatable bonds is 1. The van der Waals surface area contributed by atoms with Gasteiger partial charge in [0, 0.05) is 10.9 Å². The van der Waals surface area contributed by atoms with Crippen LogP contribution in [0.3, 0.4) is 0 Å². The number of halogens is 3. The van der Waals surface area contributed by atoms with Crippen LogP contribution in [0.4, 0.5) is 13.2 Å². The van der Waals surface area contributed by atoms with Gasteiger partial charge in [0.15, 0.2) is 0 Å². The Balaban J connectivity index is 2.46. The Morgan fingerprint density at radius 2 is 2.00 bits per heavy atom. The van der Waals surface area contributed by atoms with Crippen molar-refractivity contribution in [3.8, 4) is 17.0 Å². The number of hydrogen-bond donors (Lipinski definition) is 1. The zero-order valence-electron chi connectivity index (χ0n) is 7.82.